The third-order valence-electron chi connectivity index (χ3n) is 3.62. The predicted molar refractivity (Wildman–Crippen MR) is 80.5 cm³/mol. The first-order valence-corrected chi connectivity index (χ1v) is 6.95. The molecule has 0 saturated carbocycles. The van der Waals surface area contributed by atoms with E-state index in [-0.39, 0.29) is 12.5 Å². The summed E-state index contributed by atoms with van der Waals surface area (Å²) in [6.07, 6.45) is 0.888. The van der Waals surface area contributed by atoms with Gasteiger partial charge in [-0.1, -0.05) is 68.4 Å². The Labute approximate surface area is 115 Å². The summed E-state index contributed by atoms with van der Waals surface area (Å²) in [6.45, 7) is 4.60. The van der Waals surface area contributed by atoms with Crippen LogP contribution in [0.3, 0.4) is 0 Å². The number of rotatable bonds is 5. The fourth-order valence-corrected chi connectivity index (χ4v) is 2.34. The Kier molecular flexibility index (Phi) is 4.75. The Bertz CT molecular complexity index is 485. The summed E-state index contributed by atoms with van der Waals surface area (Å²) in [6, 6.07) is 19.0. The van der Waals surface area contributed by atoms with Crippen LogP contribution in [-0.4, -0.2) is 11.7 Å². The highest BCUT2D eigenvalue weighted by Gasteiger charge is 2.11. The summed E-state index contributed by atoms with van der Waals surface area (Å²) in [5.41, 5.74) is 3.86. The molecule has 0 heterocycles. The zero-order valence-corrected chi connectivity index (χ0v) is 11.7. The molecule has 0 bridgehead atoms. The van der Waals surface area contributed by atoms with Gasteiger partial charge in [0.25, 0.3) is 0 Å². The van der Waals surface area contributed by atoms with Crippen molar-refractivity contribution in [3.63, 3.8) is 0 Å². The van der Waals surface area contributed by atoms with Gasteiger partial charge in [0, 0.05) is 5.92 Å². The quantitative estimate of drug-likeness (QED) is 0.850. The Morgan fingerprint density at radius 2 is 1.47 bits per heavy atom. The van der Waals surface area contributed by atoms with Crippen molar-refractivity contribution in [3.8, 4) is 0 Å². The van der Waals surface area contributed by atoms with Gasteiger partial charge in [0.05, 0.1) is 6.61 Å². The van der Waals surface area contributed by atoms with E-state index in [1.165, 1.54) is 16.7 Å². The molecule has 1 unspecified atom stereocenters. The lowest BCUT2D eigenvalue weighted by atomic mass is 9.91. The normalized spacial score (nSPS) is 12.6. The lowest BCUT2D eigenvalue weighted by molar-refractivity contribution is 0.264. The topological polar surface area (TPSA) is 20.2 Å². The maximum atomic E-state index is 9.58. The average molecular weight is 254 g/mol. The number of benzene rings is 2. The summed E-state index contributed by atoms with van der Waals surface area (Å²) in [5, 5.41) is 9.58. The highest BCUT2D eigenvalue weighted by atomic mass is 16.3. The van der Waals surface area contributed by atoms with Crippen molar-refractivity contribution >= 4 is 0 Å². The molecule has 2 aromatic rings. The third kappa shape index (κ3) is 3.68. The van der Waals surface area contributed by atoms with E-state index < -0.39 is 0 Å². The van der Waals surface area contributed by atoms with E-state index in [4.69, 9.17) is 0 Å². The molecule has 0 amide bonds. The molecule has 1 heteroatoms. The SMILES string of the molecule is CC(C)c1ccc(CC(CO)c2ccccc2)cc1. The first-order chi connectivity index (χ1) is 9.20. The Balaban J connectivity index is 2.10. The standard InChI is InChI=1S/C18H22O/c1-14(2)16-10-8-15(9-11-16)12-18(13-19)17-6-4-3-5-7-17/h3-11,14,18-19H,12-13H2,1-2H3. The molecule has 1 atom stereocenters. The fraction of sp³-hybridized carbons (Fsp3) is 0.333. The lowest BCUT2D eigenvalue weighted by Crippen LogP contribution is -2.07. The van der Waals surface area contributed by atoms with E-state index >= 15 is 0 Å². The molecule has 0 aliphatic heterocycles. The monoisotopic (exact) mass is 254 g/mol. The van der Waals surface area contributed by atoms with Crippen LogP contribution in [0.5, 0.6) is 0 Å². The van der Waals surface area contributed by atoms with Crippen LogP contribution in [0.4, 0.5) is 0 Å². The van der Waals surface area contributed by atoms with E-state index in [2.05, 4.69) is 50.2 Å². The minimum Gasteiger partial charge on any atom is -0.396 e. The van der Waals surface area contributed by atoms with Gasteiger partial charge in [0.1, 0.15) is 0 Å². The molecule has 19 heavy (non-hydrogen) atoms. The van der Waals surface area contributed by atoms with Crippen LogP contribution in [0, 0.1) is 0 Å². The van der Waals surface area contributed by atoms with E-state index in [0.29, 0.717) is 5.92 Å². The van der Waals surface area contributed by atoms with Gasteiger partial charge in [-0.15, -0.1) is 0 Å². The maximum Gasteiger partial charge on any atom is 0.0502 e. The largest absolute Gasteiger partial charge is 0.396 e. The van der Waals surface area contributed by atoms with Gasteiger partial charge in [-0.25, -0.2) is 0 Å². The molecule has 0 aliphatic rings. The second-order valence-corrected chi connectivity index (χ2v) is 5.39. The molecule has 0 aliphatic carbocycles. The highest BCUT2D eigenvalue weighted by Crippen LogP contribution is 2.22. The van der Waals surface area contributed by atoms with E-state index in [1.54, 1.807) is 0 Å². The number of aliphatic hydroxyl groups is 1. The smallest absolute Gasteiger partial charge is 0.0502 e. The highest BCUT2D eigenvalue weighted by molar-refractivity contribution is 5.28. The first-order valence-electron chi connectivity index (χ1n) is 6.95. The summed E-state index contributed by atoms with van der Waals surface area (Å²) in [4.78, 5) is 0. The average Bonchev–Trinajstić information content (AvgIpc) is 2.46. The maximum absolute atomic E-state index is 9.58. The molecule has 0 aromatic heterocycles. The van der Waals surface area contributed by atoms with Gasteiger partial charge in [0.15, 0.2) is 0 Å². The van der Waals surface area contributed by atoms with Crippen LogP contribution in [-0.2, 0) is 6.42 Å². The van der Waals surface area contributed by atoms with Crippen LogP contribution < -0.4 is 0 Å². The van der Waals surface area contributed by atoms with Gasteiger partial charge in [-0.2, -0.15) is 0 Å². The van der Waals surface area contributed by atoms with E-state index in [9.17, 15) is 5.11 Å². The van der Waals surface area contributed by atoms with Crippen molar-refractivity contribution in [3.05, 3.63) is 71.3 Å². The van der Waals surface area contributed by atoms with Crippen LogP contribution in [0.2, 0.25) is 0 Å². The van der Waals surface area contributed by atoms with Crippen molar-refractivity contribution in [2.45, 2.75) is 32.1 Å². The molecule has 1 N–H and O–H groups in total. The Morgan fingerprint density at radius 3 is 2.00 bits per heavy atom. The zero-order valence-electron chi connectivity index (χ0n) is 11.7. The predicted octanol–water partition coefficient (Wildman–Crippen LogP) is 4.13. The summed E-state index contributed by atoms with van der Waals surface area (Å²) in [5.74, 6) is 0.753. The van der Waals surface area contributed by atoms with E-state index in [1.807, 2.05) is 18.2 Å². The molecular formula is C18H22O. The van der Waals surface area contributed by atoms with Gasteiger partial charge in [-0.3, -0.25) is 0 Å². The lowest BCUT2D eigenvalue weighted by Gasteiger charge is -2.15. The summed E-state index contributed by atoms with van der Waals surface area (Å²) < 4.78 is 0. The molecular weight excluding hydrogens is 232 g/mol. The van der Waals surface area contributed by atoms with Crippen molar-refractivity contribution in [1.82, 2.24) is 0 Å². The van der Waals surface area contributed by atoms with Gasteiger partial charge >= 0.3 is 0 Å². The molecule has 0 radical (unpaired) electrons. The van der Waals surface area contributed by atoms with Gasteiger partial charge < -0.3 is 5.11 Å². The molecule has 0 spiro atoms. The summed E-state index contributed by atoms with van der Waals surface area (Å²) in [7, 11) is 0. The third-order valence-corrected chi connectivity index (χ3v) is 3.62. The number of aliphatic hydroxyl groups excluding tert-OH is 1. The molecule has 0 fully saturated rings. The minimum atomic E-state index is 0.186. The summed E-state index contributed by atoms with van der Waals surface area (Å²) >= 11 is 0. The number of hydrogen-bond donors (Lipinski definition) is 1. The second-order valence-electron chi connectivity index (χ2n) is 5.39. The first kappa shape index (κ1) is 13.8. The van der Waals surface area contributed by atoms with Crippen LogP contribution in [0.25, 0.3) is 0 Å². The molecule has 0 saturated heterocycles. The van der Waals surface area contributed by atoms with Crippen molar-refractivity contribution in [2.75, 3.05) is 6.61 Å². The van der Waals surface area contributed by atoms with Crippen molar-refractivity contribution in [1.29, 1.82) is 0 Å². The zero-order chi connectivity index (χ0) is 13.7. The van der Waals surface area contributed by atoms with Crippen molar-refractivity contribution in [2.24, 2.45) is 0 Å². The van der Waals surface area contributed by atoms with Crippen molar-refractivity contribution < 1.29 is 5.11 Å². The van der Waals surface area contributed by atoms with Gasteiger partial charge in [0.2, 0.25) is 0 Å². The second kappa shape index (κ2) is 6.53. The van der Waals surface area contributed by atoms with Crippen LogP contribution in [0.15, 0.2) is 54.6 Å². The molecule has 2 rings (SSSR count). The molecule has 2 aromatic carbocycles. The number of hydrogen-bond acceptors (Lipinski definition) is 1. The molecule has 100 valence electrons. The van der Waals surface area contributed by atoms with E-state index in [0.717, 1.165) is 6.42 Å². The fourth-order valence-electron chi connectivity index (χ4n) is 2.34. The minimum absolute atomic E-state index is 0.186. The Hall–Kier alpha value is -1.60. The molecule has 1 nitrogen and oxygen atoms in total. The Morgan fingerprint density at radius 1 is 0.842 bits per heavy atom. The van der Waals surface area contributed by atoms with Gasteiger partial charge in [-0.05, 0) is 29.0 Å². The van der Waals surface area contributed by atoms with Crippen LogP contribution in [0.1, 0.15) is 42.4 Å². The van der Waals surface area contributed by atoms with Crippen LogP contribution >= 0.6 is 0 Å².